The van der Waals surface area contributed by atoms with Crippen molar-refractivity contribution >= 4 is 11.8 Å². The molecule has 0 bridgehead atoms. The highest BCUT2D eigenvalue weighted by Gasteiger charge is 2.42. The van der Waals surface area contributed by atoms with E-state index in [-0.39, 0.29) is 11.8 Å². The van der Waals surface area contributed by atoms with E-state index in [1.807, 2.05) is 0 Å². The molecule has 5 rings (SSSR count). The predicted octanol–water partition coefficient (Wildman–Crippen LogP) is 2.54. The smallest absolute Gasteiger partial charge is 0.223 e. The minimum absolute atomic E-state index is 0.186. The van der Waals surface area contributed by atoms with Crippen LogP contribution in [-0.2, 0) is 9.59 Å². The highest BCUT2D eigenvalue weighted by molar-refractivity contribution is 5.79. The second-order valence-corrected chi connectivity index (χ2v) is 11.6. The van der Waals surface area contributed by atoms with Gasteiger partial charge in [-0.15, -0.1) is 0 Å². The molecule has 2 amide bonds. The third-order valence-electron chi connectivity index (χ3n) is 9.61. The summed E-state index contributed by atoms with van der Waals surface area (Å²) in [6.45, 7) is 6.31. The summed E-state index contributed by atoms with van der Waals surface area (Å²) in [5.74, 6) is 4.27. The lowest BCUT2D eigenvalue weighted by Crippen LogP contribution is -2.47. The standard InChI is InChI=1S/C26H44N4O2/c31-25-13-23(17-30(25)24-8-7-22-16-28-11-9-21(22)12-24)19-3-5-20(6-4-19)26(32)29-15-18-2-1-10-27-14-18/h18-24,27-28H,1-17H2,(H,29,32). The Labute approximate surface area is 194 Å². The number of carbonyl (C=O) groups is 2. The lowest BCUT2D eigenvalue weighted by molar-refractivity contribution is -0.131. The van der Waals surface area contributed by atoms with Gasteiger partial charge in [-0.05, 0) is 120 Å². The molecule has 5 atom stereocenters. The number of carbonyl (C=O) groups excluding carboxylic acids is 2. The van der Waals surface area contributed by atoms with Gasteiger partial charge in [0, 0.05) is 31.5 Å². The van der Waals surface area contributed by atoms with Gasteiger partial charge in [0.05, 0.1) is 0 Å². The summed E-state index contributed by atoms with van der Waals surface area (Å²) in [5, 5.41) is 10.2. The molecule has 5 aliphatic rings. The van der Waals surface area contributed by atoms with Crippen molar-refractivity contribution in [2.45, 2.75) is 76.7 Å². The van der Waals surface area contributed by atoms with E-state index >= 15 is 0 Å². The second kappa shape index (κ2) is 10.4. The summed E-state index contributed by atoms with van der Waals surface area (Å²) in [6.07, 6.45) is 12.5. The third-order valence-corrected chi connectivity index (χ3v) is 9.61. The SMILES string of the molecule is O=C(NCC1CCCNC1)C1CCC(C2CC(=O)N(C3CCC4CNCCC4C3)C2)CC1. The molecule has 0 aromatic rings. The summed E-state index contributed by atoms with van der Waals surface area (Å²) < 4.78 is 0. The fourth-order valence-corrected chi connectivity index (χ4v) is 7.55. The Kier molecular flexibility index (Phi) is 7.37. The normalized spacial score (nSPS) is 40.7. The van der Waals surface area contributed by atoms with Crippen LogP contribution in [0.25, 0.3) is 0 Å². The number of likely N-dealkylation sites (tertiary alicyclic amines) is 1. The minimum atomic E-state index is 0.186. The Morgan fingerprint density at radius 3 is 2.50 bits per heavy atom. The van der Waals surface area contributed by atoms with Crippen molar-refractivity contribution in [1.82, 2.24) is 20.9 Å². The van der Waals surface area contributed by atoms with Gasteiger partial charge in [0.15, 0.2) is 0 Å². The number of rotatable bonds is 5. The number of nitrogens with one attached hydrogen (secondary N) is 3. The van der Waals surface area contributed by atoms with Crippen molar-refractivity contribution < 1.29 is 9.59 Å². The molecular formula is C26H44N4O2. The van der Waals surface area contributed by atoms with Gasteiger partial charge in [-0.2, -0.15) is 0 Å². The van der Waals surface area contributed by atoms with Gasteiger partial charge >= 0.3 is 0 Å². The van der Waals surface area contributed by atoms with Gasteiger partial charge in [0.2, 0.25) is 11.8 Å². The summed E-state index contributed by atoms with van der Waals surface area (Å²) in [7, 11) is 0. The number of nitrogens with zero attached hydrogens (tertiary/aromatic N) is 1. The van der Waals surface area contributed by atoms with Crippen LogP contribution < -0.4 is 16.0 Å². The molecule has 2 saturated carbocycles. The fraction of sp³-hybridized carbons (Fsp3) is 0.923. The second-order valence-electron chi connectivity index (χ2n) is 11.6. The number of amides is 2. The van der Waals surface area contributed by atoms with Crippen molar-refractivity contribution in [3.63, 3.8) is 0 Å². The molecule has 3 aliphatic heterocycles. The number of fused-ring (bicyclic) bond motifs is 1. The van der Waals surface area contributed by atoms with Crippen molar-refractivity contribution in [2.75, 3.05) is 39.3 Å². The first-order chi connectivity index (χ1) is 15.7. The average molecular weight is 445 g/mol. The molecule has 3 saturated heterocycles. The van der Waals surface area contributed by atoms with Crippen LogP contribution in [0, 0.1) is 35.5 Å². The van der Waals surface area contributed by atoms with Crippen LogP contribution in [-0.4, -0.2) is 62.0 Å². The van der Waals surface area contributed by atoms with Crippen LogP contribution in [0.15, 0.2) is 0 Å². The predicted molar refractivity (Wildman–Crippen MR) is 126 cm³/mol. The fourth-order valence-electron chi connectivity index (χ4n) is 7.55. The van der Waals surface area contributed by atoms with E-state index in [9.17, 15) is 9.59 Å². The van der Waals surface area contributed by atoms with Gasteiger partial charge in [-0.1, -0.05) is 0 Å². The Bertz CT molecular complexity index is 656. The van der Waals surface area contributed by atoms with Crippen LogP contribution in [0.5, 0.6) is 0 Å². The maximum absolute atomic E-state index is 12.9. The van der Waals surface area contributed by atoms with Gasteiger partial charge in [0.1, 0.15) is 0 Å². The van der Waals surface area contributed by atoms with Crippen LogP contribution in [0.3, 0.4) is 0 Å². The Balaban J connectivity index is 1.06. The maximum Gasteiger partial charge on any atom is 0.223 e. The zero-order chi connectivity index (χ0) is 21.9. The molecule has 0 aromatic carbocycles. The van der Waals surface area contributed by atoms with E-state index in [0.29, 0.717) is 29.7 Å². The molecule has 0 spiro atoms. The summed E-state index contributed by atoms with van der Waals surface area (Å²) >= 11 is 0. The van der Waals surface area contributed by atoms with E-state index in [4.69, 9.17) is 0 Å². The molecule has 5 fully saturated rings. The van der Waals surface area contributed by atoms with Crippen LogP contribution in [0.4, 0.5) is 0 Å². The van der Waals surface area contributed by atoms with Crippen LogP contribution in [0.2, 0.25) is 0 Å². The van der Waals surface area contributed by atoms with Gasteiger partial charge in [-0.3, -0.25) is 9.59 Å². The van der Waals surface area contributed by atoms with E-state index in [1.54, 1.807) is 0 Å². The Hall–Kier alpha value is -1.14. The Morgan fingerprint density at radius 2 is 1.69 bits per heavy atom. The highest BCUT2D eigenvalue weighted by atomic mass is 16.2. The Morgan fingerprint density at radius 1 is 0.875 bits per heavy atom. The van der Waals surface area contributed by atoms with Gasteiger partial charge in [-0.25, -0.2) is 0 Å². The van der Waals surface area contributed by atoms with E-state index < -0.39 is 0 Å². The molecule has 0 aromatic heterocycles. The number of piperidine rings is 2. The molecule has 180 valence electrons. The lowest BCUT2D eigenvalue weighted by atomic mass is 9.73. The molecule has 3 N–H and O–H groups in total. The highest BCUT2D eigenvalue weighted by Crippen LogP contribution is 2.42. The molecule has 32 heavy (non-hydrogen) atoms. The summed E-state index contributed by atoms with van der Waals surface area (Å²) in [6, 6.07) is 0.489. The van der Waals surface area contributed by atoms with E-state index in [1.165, 1.54) is 45.1 Å². The van der Waals surface area contributed by atoms with E-state index in [0.717, 1.165) is 76.7 Å². The lowest BCUT2D eigenvalue weighted by Gasteiger charge is -2.42. The summed E-state index contributed by atoms with van der Waals surface area (Å²) in [5.41, 5.74) is 0. The topological polar surface area (TPSA) is 73.5 Å². The van der Waals surface area contributed by atoms with E-state index in [2.05, 4.69) is 20.9 Å². The van der Waals surface area contributed by atoms with Crippen molar-refractivity contribution in [3.8, 4) is 0 Å². The van der Waals surface area contributed by atoms with Crippen LogP contribution in [0.1, 0.15) is 70.6 Å². The molecule has 5 unspecified atom stereocenters. The minimum Gasteiger partial charge on any atom is -0.356 e. The first-order valence-corrected chi connectivity index (χ1v) is 13.7. The quantitative estimate of drug-likeness (QED) is 0.609. The molecule has 6 heteroatoms. The largest absolute Gasteiger partial charge is 0.356 e. The number of hydrogen-bond acceptors (Lipinski definition) is 4. The maximum atomic E-state index is 12.9. The molecule has 6 nitrogen and oxygen atoms in total. The van der Waals surface area contributed by atoms with Crippen molar-refractivity contribution in [2.24, 2.45) is 35.5 Å². The first kappa shape index (κ1) is 22.6. The monoisotopic (exact) mass is 444 g/mol. The number of hydrogen-bond donors (Lipinski definition) is 3. The average Bonchev–Trinajstić information content (AvgIpc) is 3.24. The van der Waals surface area contributed by atoms with Gasteiger partial charge in [0.25, 0.3) is 0 Å². The van der Waals surface area contributed by atoms with Crippen molar-refractivity contribution in [3.05, 3.63) is 0 Å². The molecule has 2 aliphatic carbocycles. The zero-order valence-electron chi connectivity index (χ0n) is 19.8. The van der Waals surface area contributed by atoms with Crippen molar-refractivity contribution in [1.29, 1.82) is 0 Å². The third kappa shape index (κ3) is 5.16. The molecular weight excluding hydrogens is 400 g/mol. The van der Waals surface area contributed by atoms with Crippen LogP contribution >= 0.6 is 0 Å². The molecule has 0 radical (unpaired) electrons. The summed E-state index contributed by atoms with van der Waals surface area (Å²) in [4.78, 5) is 27.9. The molecule has 3 heterocycles. The first-order valence-electron chi connectivity index (χ1n) is 13.7. The zero-order valence-corrected chi connectivity index (χ0v) is 19.8. The van der Waals surface area contributed by atoms with Gasteiger partial charge < -0.3 is 20.9 Å².